The van der Waals surface area contributed by atoms with Crippen molar-refractivity contribution in [1.29, 1.82) is 0 Å². The molecule has 2 aliphatic heterocycles. The Labute approximate surface area is 143 Å². The van der Waals surface area contributed by atoms with Crippen molar-refractivity contribution < 1.29 is 13.9 Å². The van der Waals surface area contributed by atoms with E-state index in [0.29, 0.717) is 24.0 Å². The van der Waals surface area contributed by atoms with Crippen molar-refractivity contribution in [3.05, 3.63) is 18.4 Å². The zero-order valence-electron chi connectivity index (χ0n) is 14.4. The second kappa shape index (κ2) is 6.39. The number of carbonyl (C=O) groups is 1. The van der Waals surface area contributed by atoms with E-state index >= 15 is 0 Å². The number of nitrogens with zero attached hydrogens (tertiary/aromatic N) is 3. The van der Waals surface area contributed by atoms with Crippen LogP contribution in [0.3, 0.4) is 0 Å². The van der Waals surface area contributed by atoms with Crippen LogP contribution < -0.4 is 0 Å². The van der Waals surface area contributed by atoms with Crippen molar-refractivity contribution in [3.8, 4) is 0 Å². The van der Waals surface area contributed by atoms with Gasteiger partial charge >= 0.3 is 6.09 Å². The van der Waals surface area contributed by atoms with Crippen molar-refractivity contribution in [1.82, 2.24) is 14.8 Å². The molecule has 3 heterocycles. The first-order valence-corrected chi connectivity index (χ1v) is 9.24. The standard InChI is InChI=1S/C18H27N3O3/c1-2-23-17(22)21-9-5-18(13-21)11-15(12-18)20-7-3-14(4-8-20)16-19-6-10-24-16/h6,10,14-15H,2-5,7-9,11-13H2,1H3. The predicted octanol–water partition coefficient (Wildman–Crippen LogP) is 2.87. The minimum absolute atomic E-state index is 0.135. The Kier molecular flexibility index (Phi) is 4.24. The van der Waals surface area contributed by atoms with Crippen molar-refractivity contribution in [2.24, 2.45) is 5.41 Å². The highest BCUT2D eigenvalue weighted by Gasteiger charge is 2.51. The van der Waals surface area contributed by atoms with Crippen LogP contribution in [0.25, 0.3) is 0 Å². The predicted molar refractivity (Wildman–Crippen MR) is 88.7 cm³/mol. The molecule has 4 rings (SSSR count). The molecule has 1 aliphatic carbocycles. The van der Waals surface area contributed by atoms with Crippen LogP contribution in [0.2, 0.25) is 0 Å². The van der Waals surface area contributed by atoms with E-state index in [1.165, 1.54) is 12.8 Å². The molecule has 6 heteroatoms. The average molecular weight is 333 g/mol. The molecule has 0 N–H and O–H groups in total. The third-order valence-electron chi connectivity index (χ3n) is 6.15. The first-order chi connectivity index (χ1) is 11.7. The molecule has 0 radical (unpaired) electrons. The zero-order chi connectivity index (χ0) is 16.6. The van der Waals surface area contributed by atoms with E-state index in [-0.39, 0.29) is 6.09 Å². The van der Waals surface area contributed by atoms with Crippen LogP contribution in [0.15, 0.2) is 16.9 Å². The van der Waals surface area contributed by atoms with Crippen LogP contribution in [0.4, 0.5) is 4.79 Å². The Balaban J connectivity index is 1.24. The van der Waals surface area contributed by atoms with Gasteiger partial charge in [0.25, 0.3) is 0 Å². The molecule has 132 valence electrons. The van der Waals surface area contributed by atoms with Gasteiger partial charge < -0.3 is 19.0 Å². The monoisotopic (exact) mass is 333 g/mol. The maximum atomic E-state index is 11.9. The highest BCUT2D eigenvalue weighted by atomic mass is 16.6. The minimum atomic E-state index is -0.135. The number of likely N-dealkylation sites (tertiary alicyclic amines) is 2. The van der Waals surface area contributed by atoms with Gasteiger partial charge in [0.15, 0.2) is 5.89 Å². The molecule has 0 unspecified atom stereocenters. The van der Waals surface area contributed by atoms with Gasteiger partial charge in [-0.05, 0) is 57.5 Å². The molecule has 6 nitrogen and oxygen atoms in total. The van der Waals surface area contributed by atoms with E-state index in [4.69, 9.17) is 9.15 Å². The average Bonchev–Trinajstić information content (AvgIpc) is 3.24. The van der Waals surface area contributed by atoms with E-state index in [1.54, 1.807) is 12.5 Å². The normalized spacial score (nSPS) is 31.4. The van der Waals surface area contributed by atoms with E-state index in [9.17, 15) is 4.79 Å². The van der Waals surface area contributed by atoms with Crippen LogP contribution in [0, 0.1) is 5.41 Å². The second-order valence-corrected chi connectivity index (χ2v) is 7.61. The minimum Gasteiger partial charge on any atom is -0.450 e. The molecule has 1 aromatic heterocycles. The number of ether oxygens (including phenoxy) is 1. The van der Waals surface area contributed by atoms with Gasteiger partial charge in [0.1, 0.15) is 6.26 Å². The van der Waals surface area contributed by atoms with Gasteiger partial charge in [-0.25, -0.2) is 9.78 Å². The molecule has 3 fully saturated rings. The Morgan fingerprint density at radius 1 is 1.38 bits per heavy atom. The number of amides is 1. The molecule has 2 saturated heterocycles. The number of hydrogen-bond acceptors (Lipinski definition) is 5. The van der Waals surface area contributed by atoms with Crippen molar-refractivity contribution >= 4 is 6.09 Å². The van der Waals surface area contributed by atoms with E-state index in [0.717, 1.165) is 51.3 Å². The number of oxazole rings is 1. The number of aromatic nitrogens is 1. The van der Waals surface area contributed by atoms with Gasteiger partial charge in [-0.1, -0.05) is 0 Å². The van der Waals surface area contributed by atoms with Crippen LogP contribution >= 0.6 is 0 Å². The number of piperidine rings is 1. The summed E-state index contributed by atoms with van der Waals surface area (Å²) in [5.74, 6) is 1.39. The van der Waals surface area contributed by atoms with Crippen LogP contribution in [-0.2, 0) is 4.74 Å². The number of hydrogen-bond donors (Lipinski definition) is 0. The maximum Gasteiger partial charge on any atom is 0.409 e. The summed E-state index contributed by atoms with van der Waals surface area (Å²) >= 11 is 0. The number of carbonyl (C=O) groups excluding carboxylic acids is 1. The lowest BCUT2D eigenvalue weighted by Gasteiger charge is -2.51. The van der Waals surface area contributed by atoms with Crippen LogP contribution in [0.1, 0.15) is 50.8 Å². The molecule has 1 amide bonds. The summed E-state index contributed by atoms with van der Waals surface area (Å²) in [5.41, 5.74) is 0.358. The van der Waals surface area contributed by atoms with Gasteiger partial charge in [0.2, 0.25) is 0 Å². The maximum absolute atomic E-state index is 11.9. The van der Waals surface area contributed by atoms with Crippen molar-refractivity contribution in [2.75, 3.05) is 32.8 Å². The molecule has 1 spiro atoms. The highest BCUT2D eigenvalue weighted by Crippen LogP contribution is 2.50. The summed E-state index contributed by atoms with van der Waals surface area (Å²) < 4.78 is 10.6. The van der Waals surface area contributed by atoms with Crippen LogP contribution in [0.5, 0.6) is 0 Å². The Morgan fingerprint density at radius 3 is 2.83 bits per heavy atom. The molecular weight excluding hydrogens is 306 g/mol. The number of rotatable bonds is 3. The lowest BCUT2D eigenvalue weighted by Crippen LogP contribution is -2.54. The highest BCUT2D eigenvalue weighted by molar-refractivity contribution is 5.68. The Morgan fingerprint density at radius 2 is 2.17 bits per heavy atom. The summed E-state index contributed by atoms with van der Waals surface area (Å²) in [4.78, 5) is 20.7. The summed E-state index contributed by atoms with van der Waals surface area (Å²) in [5, 5.41) is 0. The first-order valence-electron chi connectivity index (χ1n) is 9.24. The largest absolute Gasteiger partial charge is 0.450 e. The summed E-state index contributed by atoms with van der Waals surface area (Å²) in [7, 11) is 0. The summed E-state index contributed by atoms with van der Waals surface area (Å²) in [6.07, 6.45) is 9.15. The topological polar surface area (TPSA) is 58.8 Å². The fourth-order valence-electron chi connectivity index (χ4n) is 4.78. The molecule has 3 aliphatic rings. The van der Waals surface area contributed by atoms with Gasteiger partial charge in [-0.3, -0.25) is 0 Å². The molecule has 0 atom stereocenters. The molecule has 1 saturated carbocycles. The third kappa shape index (κ3) is 2.92. The Hall–Kier alpha value is -1.56. The fourth-order valence-corrected chi connectivity index (χ4v) is 4.78. The lowest BCUT2D eigenvalue weighted by molar-refractivity contribution is -0.00582. The smallest absolute Gasteiger partial charge is 0.409 e. The van der Waals surface area contributed by atoms with Gasteiger partial charge in [-0.15, -0.1) is 0 Å². The first kappa shape index (κ1) is 15.9. The molecule has 1 aromatic rings. The quantitative estimate of drug-likeness (QED) is 0.851. The van der Waals surface area contributed by atoms with Gasteiger partial charge in [0.05, 0.1) is 12.8 Å². The fraction of sp³-hybridized carbons (Fsp3) is 0.778. The zero-order valence-corrected chi connectivity index (χ0v) is 14.4. The van der Waals surface area contributed by atoms with Gasteiger partial charge in [0, 0.05) is 25.0 Å². The molecule has 0 aromatic carbocycles. The third-order valence-corrected chi connectivity index (χ3v) is 6.15. The molecular formula is C18H27N3O3. The molecule has 0 bridgehead atoms. The lowest BCUT2D eigenvalue weighted by atomic mass is 9.64. The summed E-state index contributed by atoms with van der Waals surface area (Å²) in [6.45, 7) is 6.34. The summed E-state index contributed by atoms with van der Waals surface area (Å²) in [6, 6.07) is 0.692. The van der Waals surface area contributed by atoms with E-state index in [1.807, 2.05) is 11.8 Å². The molecule has 24 heavy (non-hydrogen) atoms. The van der Waals surface area contributed by atoms with Crippen molar-refractivity contribution in [3.63, 3.8) is 0 Å². The van der Waals surface area contributed by atoms with E-state index in [2.05, 4.69) is 9.88 Å². The van der Waals surface area contributed by atoms with E-state index < -0.39 is 0 Å². The SMILES string of the molecule is CCOC(=O)N1CCC2(CC(N3CCC(c4ncco4)CC3)C2)C1. The van der Waals surface area contributed by atoms with Crippen LogP contribution in [-0.4, -0.2) is 59.7 Å². The second-order valence-electron chi connectivity index (χ2n) is 7.61. The Bertz CT molecular complexity index is 560. The van der Waals surface area contributed by atoms with Gasteiger partial charge in [-0.2, -0.15) is 0 Å². The van der Waals surface area contributed by atoms with Crippen molar-refractivity contribution in [2.45, 2.75) is 51.0 Å².